The summed E-state index contributed by atoms with van der Waals surface area (Å²) in [5.74, 6) is -0.447. The average Bonchev–Trinajstić information content (AvgIpc) is 2.70. The Morgan fingerprint density at radius 2 is 1.83 bits per heavy atom. The predicted octanol–water partition coefficient (Wildman–Crippen LogP) is 0.476. The van der Waals surface area contributed by atoms with Gasteiger partial charge in [-0.1, -0.05) is 12.1 Å². The van der Waals surface area contributed by atoms with Crippen molar-refractivity contribution in [1.29, 1.82) is 0 Å². The smallest absolute Gasteiger partial charge is 0.260 e. The Balaban J connectivity index is 2.01. The summed E-state index contributed by atoms with van der Waals surface area (Å²) in [4.78, 5) is 22.9. The molecule has 0 unspecified atom stereocenters. The zero-order chi connectivity index (χ0) is 22.1. The van der Waals surface area contributed by atoms with Crippen LogP contribution in [-0.4, -0.2) is 53.0 Å². The number of nitrogens with one attached hydrogen (secondary N) is 1. The number of para-hydroxylation sites is 2. The summed E-state index contributed by atoms with van der Waals surface area (Å²) in [6.07, 6.45) is 2.38. The van der Waals surface area contributed by atoms with Gasteiger partial charge in [-0.25, -0.2) is 13.8 Å². The lowest BCUT2D eigenvalue weighted by Gasteiger charge is -2.23. The SMILES string of the molecule is COc1ccccc1N(CC(=O)N/N=C\c1ccc(OCC(N)=O)cc1)S(C)(=O)=O. The molecule has 0 saturated heterocycles. The Bertz CT molecular complexity index is 1020. The van der Waals surface area contributed by atoms with Crippen LogP contribution in [0, 0.1) is 0 Å². The van der Waals surface area contributed by atoms with E-state index < -0.39 is 28.4 Å². The van der Waals surface area contributed by atoms with E-state index in [2.05, 4.69) is 10.5 Å². The van der Waals surface area contributed by atoms with Gasteiger partial charge in [-0.3, -0.25) is 13.9 Å². The molecule has 3 N–H and O–H groups in total. The first-order valence-corrected chi connectivity index (χ1v) is 10.5. The van der Waals surface area contributed by atoms with Crippen molar-refractivity contribution in [3.63, 3.8) is 0 Å². The average molecular weight is 434 g/mol. The van der Waals surface area contributed by atoms with Gasteiger partial charge in [0.1, 0.15) is 18.0 Å². The van der Waals surface area contributed by atoms with Crippen LogP contribution in [0.4, 0.5) is 5.69 Å². The molecule has 10 nitrogen and oxygen atoms in total. The molecule has 0 atom stereocenters. The Morgan fingerprint density at radius 3 is 2.43 bits per heavy atom. The van der Waals surface area contributed by atoms with Crippen LogP contribution in [0.15, 0.2) is 53.6 Å². The van der Waals surface area contributed by atoms with E-state index in [4.69, 9.17) is 15.2 Å². The maximum Gasteiger partial charge on any atom is 0.260 e. The minimum absolute atomic E-state index is 0.230. The molecule has 0 aliphatic rings. The number of primary amides is 1. The summed E-state index contributed by atoms with van der Waals surface area (Å²) in [6, 6.07) is 13.0. The molecule has 2 rings (SSSR count). The Morgan fingerprint density at radius 1 is 1.17 bits per heavy atom. The Labute approximate surface area is 174 Å². The number of hydrazone groups is 1. The van der Waals surface area contributed by atoms with Gasteiger partial charge in [-0.2, -0.15) is 5.10 Å². The summed E-state index contributed by atoms with van der Waals surface area (Å²) in [7, 11) is -2.33. The van der Waals surface area contributed by atoms with Gasteiger partial charge >= 0.3 is 0 Å². The van der Waals surface area contributed by atoms with Crippen molar-refractivity contribution in [1.82, 2.24) is 5.43 Å². The number of anilines is 1. The summed E-state index contributed by atoms with van der Waals surface area (Å²) in [5, 5.41) is 3.82. The third kappa shape index (κ3) is 6.78. The lowest BCUT2D eigenvalue weighted by molar-refractivity contribution is -0.120. The molecule has 0 radical (unpaired) electrons. The first-order chi connectivity index (χ1) is 14.2. The maximum absolute atomic E-state index is 12.2. The molecule has 0 spiro atoms. The number of hydrogen-bond donors (Lipinski definition) is 2. The number of carbonyl (C=O) groups is 2. The van der Waals surface area contributed by atoms with Crippen molar-refractivity contribution in [3.8, 4) is 11.5 Å². The quantitative estimate of drug-likeness (QED) is 0.412. The van der Waals surface area contributed by atoms with Gasteiger partial charge in [0.2, 0.25) is 10.0 Å². The zero-order valence-electron chi connectivity index (χ0n) is 16.4. The fourth-order valence-corrected chi connectivity index (χ4v) is 3.23. The van der Waals surface area contributed by atoms with Crippen molar-refractivity contribution in [3.05, 3.63) is 54.1 Å². The van der Waals surface area contributed by atoms with E-state index >= 15 is 0 Å². The van der Waals surface area contributed by atoms with E-state index in [1.165, 1.54) is 19.4 Å². The molecule has 11 heteroatoms. The molecule has 0 bridgehead atoms. The summed E-state index contributed by atoms with van der Waals surface area (Å²) < 4.78 is 35.6. The number of benzene rings is 2. The summed E-state index contributed by atoms with van der Waals surface area (Å²) in [6.45, 7) is -0.705. The van der Waals surface area contributed by atoms with E-state index in [9.17, 15) is 18.0 Å². The number of nitrogens with zero attached hydrogens (tertiary/aromatic N) is 2. The largest absolute Gasteiger partial charge is 0.495 e. The molecule has 30 heavy (non-hydrogen) atoms. The normalized spacial score (nSPS) is 11.1. The molecule has 0 aliphatic heterocycles. The molecule has 0 aromatic heterocycles. The minimum atomic E-state index is -3.75. The molecular weight excluding hydrogens is 412 g/mol. The number of methoxy groups -OCH3 is 1. The fraction of sp³-hybridized carbons (Fsp3) is 0.211. The molecule has 2 aromatic carbocycles. The molecule has 2 aromatic rings. The van der Waals surface area contributed by atoms with E-state index in [0.717, 1.165) is 10.6 Å². The second-order valence-electron chi connectivity index (χ2n) is 6.06. The first-order valence-electron chi connectivity index (χ1n) is 8.64. The van der Waals surface area contributed by atoms with Gasteiger partial charge in [0.15, 0.2) is 6.61 Å². The van der Waals surface area contributed by atoms with Crippen molar-refractivity contribution in [2.24, 2.45) is 10.8 Å². The third-order valence-corrected chi connectivity index (χ3v) is 4.83. The highest BCUT2D eigenvalue weighted by molar-refractivity contribution is 7.92. The van der Waals surface area contributed by atoms with E-state index in [1.807, 2.05) is 0 Å². The second kappa shape index (κ2) is 10.3. The van der Waals surface area contributed by atoms with Crippen LogP contribution >= 0.6 is 0 Å². The molecule has 0 heterocycles. The van der Waals surface area contributed by atoms with Crippen LogP contribution in [-0.2, 0) is 19.6 Å². The molecule has 160 valence electrons. The van der Waals surface area contributed by atoms with E-state index in [0.29, 0.717) is 17.1 Å². The lowest BCUT2D eigenvalue weighted by Crippen LogP contribution is -2.39. The van der Waals surface area contributed by atoms with Crippen molar-refractivity contribution >= 4 is 33.7 Å². The van der Waals surface area contributed by atoms with Crippen LogP contribution in [0.3, 0.4) is 0 Å². The van der Waals surface area contributed by atoms with Crippen molar-refractivity contribution < 1.29 is 27.5 Å². The van der Waals surface area contributed by atoms with Crippen LogP contribution in [0.5, 0.6) is 11.5 Å². The van der Waals surface area contributed by atoms with E-state index in [-0.39, 0.29) is 12.3 Å². The summed E-state index contributed by atoms with van der Waals surface area (Å²) >= 11 is 0. The fourth-order valence-electron chi connectivity index (χ4n) is 2.37. The van der Waals surface area contributed by atoms with Gasteiger partial charge < -0.3 is 15.2 Å². The minimum Gasteiger partial charge on any atom is -0.495 e. The number of ether oxygens (including phenoxy) is 2. The molecule has 0 saturated carbocycles. The summed E-state index contributed by atoms with van der Waals surface area (Å²) in [5.41, 5.74) is 8.18. The van der Waals surface area contributed by atoms with Gasteiger partial charge in [0, 0.05) is 0 Å². The number of sulfonamides is 1. The number of nitrogens with two attached hydrogens (primary N) is 1. The number of carbonyl (C=O) groups excluding carboxylic acids is 2. The van der Waals surface area contributed by atoms with Crippen LogP contribution in [0.25, 0.3) is 0 Å². The highest BCUT2D eigenvalue weighted by Crippen LogP contribution is 2.29. The topological polar surface area (TPSA) is 140 Å². The van der Waals surface area contributed by atoms with Crippen molar-refractivity contribution in [2.75, 3.05) is 30.8 Å². The highest BCUT2D eigenvalue weighted by Gasteiger charge is 2.23. The molecule has 0 aliphatic carbocycles. The molecule has 2 amide bonds. The predicted molar refractivity (Wildman–Crippen MR) is 112 cm³/mol. The van der Waals surface area contributed by atoms with Crippen LogP contribution in [0.2, 0.25) is 0 Å². The van der Waals surface area contributed by atoms with Gasteiger partial charge in [-0.05, 0) is 42.0 Å². The Kier molecular flexibility index (Phi) is 7.76. The molecular formula is C19H22N4O6S. The zero-order valence-corrected chi connectivity index (χ0v) is 17.3. The first kappa shape index (κ1) is 22.7. The lowest BCUT2D eigenvalue weighted by atomic mass is 10.2. The maximum atomic E-state index is 12.2. The van der Waals surface area contributed by atoms with Gasteiger partial charge in [0.05, 0.1) is 25.3 Å². The number of hydrogen-bond acceptors (Lipinski definition) is 7. The number of amides is 2. The monoisotopic (exact) mass is 434 g/mol. The van der Waals surface area contributed by atoms with Crippen molar-refractivity contribution in [2.45, 2.75) is 0 Å². The van der Waals surface area contributed by atoms with Crippen LogP contribution in [0.1, 0.15) is 5.56 Å². The van der Waals surface area contributed by atoms with Crippen LogP contribution < -0.4 is 24.9 Å². The third-order valence-electron chi connectivity index (χ3n) is 3.71. The number of rotatable bonds is 10. The highest BCUT2D eigenvalue weighted by atomic mass is 32.2. The van der Waals surface area contributed by atoms with E-state index in [1.54, 1.807) is 42.5 Å². The second-order valence-corrected chi connectivity index (χ2v) is 7.97. The van der Waals surface area contributed by atoms with Gasteiger partial charge in [0.25, 0.3) is 11.8 Å². The standard InChI is InChI=1S/C19H22N4O6S/c1-28-17-6-4-3-5-16(17)23(30(2,26)27)12-19(25)22-21-11-14-7-9-15(10-8-14)29-13-18(20)24/h3-11H,12-13H2,1-2H3,(H2,20,24)(H,22,25)/b21-11-. The Hall–Kier alpha value is -3.60. The van der Waals surface area contributed by atoms with Gasteiger partial charge in [-0.15, -0.1) is 0 Å². The molecule has 0 fully saturated rings.